The first-order chi connectivity index (χ1) is 33.4. The summed E-state index contributed by atoms with van der Waals surface area (Å²) in [5.41, 5.74) is 4.88. The highest BCUT2D eigenvalue weighted by atomic mass is 16.8. The zero-order chi connectivity index (χ0) is 46.9. The van der Waals surface area contributed by atoms with Crippen molar-refractivity contribution >= 4 is 11.9 Å². The monoisotopic (exact) mass is 924 g/mol. The van der Waals surface area contributed by atoms with E-state index in [1.165, 1.54) is 7.11 Å². The number of carbonyl (C=O) groups is 2. The highest BCUT2D eigenvalue weighted by Crippen LogP contribution is 2.36. The Balaban J connectivity index is 1.20. The largest absolute Gasteiger partial charge is 0.467 e. The predicted molar refractivity (Wildman–Crippen MR) is 248 cm³/mol. The van der Waals surface area contributed by atoms with Gasteiger partial charge >= 0.3 is 11.9 Å². The normalized spacial score (nSPS) is 24.7. The van der Waals surface area contributed by atoms with Crippen molar-refractivity contribution in [1.29, 1.82) is 0 Å². The molecule has 10 atom stereocenters. The second-order valence-electron chi connectivity index (χ2n) is 16.4. The van der Waals surface area contributed by atoms with Crippen LogP contribution in [0.15, 0.2) is 182 Å². The number of esters is 2. The second-order valence-corrected chi connectivity index (χ2v) is 16.4. The Bertz CT molecular complexity index is 2400. The van der Waals surface area contributed by atoms with E-state index in [1.54, 1.807) is 0 Å². The van der Waals surface area contributed by atoms with Crippen LogP contribution in [0.5, 0.6) is 0 Å². The topological polar surface area (TPSA) is 147 Å². The average Bonchev–Trinajstić information content (AvgIpc) is 3.39. The molecule has 6 aromatic carbocycles. The third kappa shape index (κ3) is 13.1. The van der Waals surface area contributed by atoms with Gasteiger partial charge in [-0.3, -0.25) is 0 Å². The number of methoxy groups -OCH3 is 1. The smallest absolute Gasteiger partial charge is 0.338 e. The van der Waals surface area contributed by atoms with Crippen molar-refractivity contribution in [3.05, 3.63) is 215 Å². The minimum atomic E-state index is -1.61. The lowest BCUT2D eigenvalue weighted by Gasteiger charge is -2.48. The minimum absolute atomic E-state index is 0.0331. The molecule has 0 aromatic heterocycles. The molecule has 0 aliphatic carbocycles. The molecule has 0 unspecified atom stereocenters. The van der Waals surface area contributed by atoms with E-state index in [9.17, 15) is 14.7 Å². The molecular formula is C55H56O13. The Morgan fingerprint density at radius 2 is 0.735 bits per heavy atom. The van der Waals surface area contributed by atoms with Gasteiger partial charge in [-0.25, -0.2) is 9.59 Å². The molecule has 6 aromatic rings. The summed E-state index contributed by atoms with van der Waals surface area (Å²) >= 11 is 0. The molecule has 2 aliphatic heterocycles. The van der Waals surface area contributed by atoms with Gasteiger partial charge in [-0.05, 0) is 33.4 Å². The van der Waals surface area contributed by atoms with E-state index in [0.29, 0.717) is 0 Å². The summed E-state index contributed by atoms with van der Waals surface area (Å²) in [6.45, 7) is 0.245. The van der Waals surface area contributed by atoms with Crippen molar-refractivity contribution in [2.24, 2.45) is 0 Å². The van der Waals surface area contributed by atoms with Crippen LogP contribution < -0.4 is 0 Å². The fraction of sp³-hybridized carbons (Fsp3) is 0.309. The molecule has 2 fully saturated rings. The summed E-state index contributed by atoms with van der Waals surface area (Å²) in [5.74, 6) is -1.67. The van der Waals surface area contributed by atoms with E-state index in [-0.39, 0.29) is 39.6 Å². The second kappa shape index (κ2) is 24.8. The van der Waals surface area contributed by atoms with E-state index in [4.69, 9.17) is 47.4 Å². The number of aliphatic hydroxyl groups is 1. The van der Waals surface area contributed by atoms with Crippen LogP contribution in [0.2, 0.25) is 0 Å². The number of benzene rings is 6. The summed E-state index contributed by atoms with van der Waals surface area (Å²) in [7, 11) is 1.19. The van der Waals surface area contributed by atoms with Crippen molar-refractivity contribution in [3.8, 4) is 0 Å². The molecular weight excluding hydrogens is 869 g/mol. The molecule has 8 rings (SSSR count). The fourth-order valence-corrected chi connectivity index (χ4v) is 8.05. The Morgan fingerprint density at radius 1 is 0.397 bits per heavy atom. The Kier molecular flexibility index (Phi) is 17.6. The van der Waals surface area contributed by atoms with Crippen LogP contribution in [0, 0.1) is 0 Å². The Morgan fingerprint density at radius 3 is 1.15 bits per heavy atom. The molecule has 1 N–H and O–H groups in total. The zero-order valence-electron chi connectivity index (χ0n) is 37.7. The van der Waals surface area contributed by atoms with Crippen molar-refractivity contribution in [2.75, 3.05) is 7.11 Å². The van der Waals surface area contributed by atoms with Crippen LogP contribution >= 0.6 is 0 Å². The maximum atomic E-state index is 14.7. The van der Waals surface area contributed by atoms with Gasteiger partial charge in [-0.1, -0.05) is 182 Å². The van der Waals surface area contributed by atoms with Gasteiger partial charge in [0.1, 0.15) is 43.2 Å². The number of hydrogen-bond acceptors (Lipinski definition) is 13. The highest BCUT2D eigenvalue weighted by Gasteiger charge is 2.57. The van der Waals surface area contributed by atoms with Crippen molar-refractivity contribution in [2.45, 2.75) is 101 Å². The molecule has 13 heteroatoms. The standard InChI is InChI=1S/C55H56O13/c1-59-52(57)46-44(56)45(60-32-38-20-8-2-9-21-38)50(62-34-40-24-12-4-13-25-40)55(66-46)67-48-47(61-33-39-22-10-3-11-23-39)51(63-35-41-26-14-5-15-27-41)54(65-37-43-30-18-7-19-31-43)68-49(48)53(58)64-36-42-28-16-6-17-29-42/h2-31,44-51,54-56H,32-37H2,1H3/t44-,45+,46+,47+,48-,49+,50-,51-,54-,55-/m1/s1. The molecule has 0 radical (unpaired) electrons. The lowest BCUT2D eigenvalue weighted by Crippen LogP contribution is -2.67. The first kappa shape index (κ1) is 48.4. The first-order valence-corrected chi connectivity index (χ1v) is 22.6. The molecule has 354 valence electrons. The maximum Gasteiger partial charge on any atom is 0.338 e. The highest BCUT2D eigenvalue weighted by molar-refractivity contribution is 5.76. The lowest BCUT2D eigenvalue weighted by atomic mass is 9.95. The van der Waals surface area contributed by atoms with E-state index in [0.717, 1.165) is 33.4 Å². The number of hydrogen-bond donors (Lipinski definition) is 1. The van der Waals surface area contributed by atoms with Crippen molar-refractivity contribution in [1.82, 2.24) is 0 Å². The fourth-order valence-electron chi connectivity index (χ4n) is 8.05. The molecule has 0 bridgehead atoms. The van der Waals surface area contributed by atoms with Gasteiger partial charge in [0, 0.05) is 0 Å². The molecule has 2 saturated heterocycles. The van der Waals surface area contributed by atoms with Gasteiger partial charge in [-0.2, -0.15) is 0 Å². The molecule has 13 nitrogen and oxygen atoms in total. The Hall–Kier alpha value is -6.10. The van der Waals surface area contributed by atoms with Gasteiger partial charge in [0.15, 0.2) is 24.8 Å². The molecule has 2 aliphatic rings. The molecule has 0 saturated carbocycles. The van der Waals surface area contributed by atoms with Crippen LogP contribution in [0.1, 0.15) is 33.4 Å². The molecule has 2 heterocycles. The molecule has 0 spiro atoms. The van der Waals surface area contributed by atoms with Crippen molar-refractivity contribution < 1.29 is 62.1 Å². The minimum Gasteiger partial charge on any atom is -0.467 e. The van der Waals surface area contributed by atoms with Crippen LogP contribution in [0.3, 0.4) is 0 Å². The van der Waals surface area contributed by atoms with E-state index in [2.05, 4.69) is 0 Å². The van der Waals surface area contributed by atoms with Gasteiger partial charge in [-0.15, -0.1) is 0 Å². The number of carbonyl (C=O) groups excluding carboxylic acids is 2. The maximum absolute atomic E-state index is 14.7. The summed E-state index contributed by atoms with van der Waals surface area (Å²) in [6.07, 6.45) is -13.5. The van der Waals surface area contributed by atoms with Gasteiger partial charge in [0.25, 0.3) is 0 Å². The summed E-state index contributed by atoms with van der Waals surface area (Å²) < 4.78 is 64.6. The number of aliphatic hydroxyl groups excluding tert-OH is 1. The lowest BCUT2D eigenvalue weighted by molar-refractivity contribution is -0.367. The van der Waals surface area contributed by atoms with Crippen molar-refractivity contribution in [3.63, 3.8) is 0 Å². The van der Waals surface area contributed by atoms with Gasteiger partial charge in [0.05, 0.1) is 40.1 Å². The SMILES string of the molecule is COC(=O)[C@H]1O[C@H](O[C@@H]2[C@H](OCc3ccccc3)[C@@H](OCc3ccccc3)[C@H](OCc3ccccc3)O[C@@H]2C(=O)OCc2ccccc2)[C@H](OCc2ccccc2)[C@@H](OCc2ccccc2)[C@H]1O. The number of rotatable bonds is 21. The predicted octanol–water partition coefficient (Wildman–Crippen LogP) is 7.66. The van der Waals surface area contributed by atoms with E-state index < -0.39 is 73.4 Å². The Labute approximate surface area is 396 Å². The quantitative estimate of drug-likeness (QED) is 0.0706. The zero-order valence-corrected chi connectivity index (χ0v) is 37.7. The van der Waals surface area contributed by atoms with E-state index in [1.807, 2.05) is 182 Å². The number of ether oxygens (including phenoxy) is 10. The third-order valence-corrected chi connectivity index (χ3v) is 11.6. The summed E-state index contributed by atoms with van der Waals surface area (Å²) in [5, 5.41) is 11.9. The van der Waals surface area contributed by atoms with Crippen LogP contribution in [-0.2, 0) is 96.6 Å². The van der Waals surface area contributed by atoms with Gasteiger partial charge < -0.3 is 52.5 Å². The first-order valence-electron chi connectivity index (χ1n) is 22.6. The summed E-state index contributed by atoms with van der Waals surface area (Å²) in [4.78, 5) is 28.3. The molecule has 68 heavy (non-hydrogen) atoms. The molecule has 0 amide bonds. The van der Waals surface area contributed by atoms with E-state index >= 15 is 0 Å². The van der Waals surface area contributed by atoms with Crippen LogP contribution in [0.4, 0.5) is 0 Å². The summed E-state index contributed by atoms with van der Waals surface area (Å²) in [6, 6.07) is 56.7. The van der Waals surface area contributed by atoms with Crippen LogP contribution in [0.25, 0.3) is 0 Å². The third-order valence-electron chi connectivity index (χ3n) is 11.6. The van der Waals surface area contributed by atoms with Gasteiger partial charge in [0.2, 0.25) is 0 Å². The van der Waals surface area contributed by atoms with Crippen LogP contribution in [-0.4, -0.2) is 85.6 Å². The average molecular weight is 925 g/mol.